The van der Waals surface area contributed by atoms with E-state index >= 15 is 0 Å². The average molecular weight is 333 g/mol. The van der Waals surface area contributed by atoms with E-state index < -0.39 is 4.33 Å². The van der Waals surface area contributed by atoms with Crippen LogP contribution in [0.4, 0.5) is 0 Å². The molecule has 1 saturated carbocycles. The van der Waals surface area contributed by atoms with Gasteiger partial charge in [-0.3, -0.25) is 9.36 Å². The van der Waals surface area contributed by atoms with Crippen LogP contribution in [-0.4, -0.2) is 20.5 Å². The normalized spacial score (nSPS) is 20.2. The van der Waals surface area contributed by atoms with Gasteiger partial charge < -0.3 is 4.74 Å². The molecular weight excluding hydrogens is 319 g/mol. The third-order valence-electron chi connectivity index (χ3n) is 3.36. The van der Waals surface area contributed by atoms with Gasteiger partial charge in [0.25, 0.3) is 5.56 Å². The lowest BCUT2D eigenvalue weighted by molar-refractivity contribution is 0.257. The number of thiophene rings is 1. The SMILES string of the molecule is CCCn1c(OCC2CC2(Cl)Cl)nc2sccc2c1=O. The van der Waals surface area contributed by atoms with Crippen LogP contribution >= 0.6 is 34.5 Å². The lowest BCUT2D eigenvalue weighted by Gasteiger charge is -2.12. The van der Waals surface area contributed by atoms with Gasteiger partial charge in [0.05, 0.1) is 12.0 Å². The quantitative estimate of drug-likeness (QED) is 0.788. The summed E-state index contributed by atoms with van der Waals surface area (Å²) in [7, 11) is 0. The minimum Gasteiger partial charge on any atom is -0.464 e. The molecule has 0 spiro atoms. The lowest BCUT2D eigenvalue weighted by Crippen LogP contribution is -2.23. The van der Waals surface area contributed by atoms with Crippen LogP contribution in [0, 0.1) is 5.92 Å². The Balaban J connectivity index is 1.91. The van der Waals surface area contributed by atoms with Crippen molar-refractivity contribution in [1.82, 2.24) is 9.55 Å². The number of halogens is 2. The molecule has 1 unspecified atom stereocenters. The Hall–Kier alpha value is -0.780. The summed E-state index contributed by atoms with van der Waals surface area (Å²) in [6, 6.07) is 2.16. The summed E-state index contributed by atoms with van der Waals surface area (Å²) >= 11 is 13.4. The smallest absolute Gasteiger partial charge is 0.300 e. The summed E-state index contributed by atoms with van der Waals surface area (Å²) < 4.78 is 6.60. The predicted octanol–water partition coefficient (Wildman–Crippen LogP) is 3.44. The first-order valence-electron chi connectivity index (χ1n) is 6.51. The monoisotopic (exact) mass is 332 g/mol. The molecule has 3 rings (SSSR count). The van der Waals surface area contributed by atoms with E-state index in [0.29, 0.717) is 29.4 Å². The Bertz CT molecular complexity index is 695. The van der Waals surface area contributed by atoms with E-state index in [0.717, 1.165) is 12.8 Å². The molecule has 108 valence electrons. The van der Waals surface area contributed by atoms with E-state index in [1.54, 1.807) is 10.6 Å². The minimum atomic E-state index is -0.678. The lowest BCUT2D eigenvalue weighted by atomic mass is 10.4. The van der Waals surface area contributed by atoms with Crippen molar-refractivity contribution >= 4 is 44.8 Å². The third-order valence-corrected chi connectivity index (χ3v) is 5.10. The van der Waals surface area contributed by atoms with Gasteiger partial charge in [0.15, 0.2) is 0 Å². The van der Waals surface area contributed by atoms with Crippen LogP contribution in [0.1, 0.15) is 19.8 Å². The van der Waals surface area contributed by atoms with Crippen LogP contribution in [0.3, 0.4) is 0 Å². The van der Waals surface area contributed by atoms with Gasteiger partial charge in [-0.25, -0.2) is 0 Å². The maximum atomic E-state index is 12.4. The summed E-state index contributed by atoms with van der Waals surface area (Å²) in [4.78, 5) is 17.5. The summed E-state index contributed by atoms with van der Waals surface area (Å²) in [5, 5.41) is 2.51. The maximum Gasteiger partial charge on any atom is 0.300 e. The molecule has 1 aliphatic rings. The molecule has 2 heterocycles. The molecule has 0 aromatic carbocycles. The highest BCUT2D eigenvalue weighted by Gasteiger charge is 2.52. The zero-order valence-electron chi connectivity index (χ0n) is 10.9. The van der Waals surface area contributed by atoms with E-state index in [4.69, 9.17) is 27.9 Å². The topological polar surface area (TPSA) is 44.1 Å². The molecule has 1 fully saturated rings. The number of fused-ring (bicyclic) bond motifs is 1. The van der Waals surface area contributed by atoms with Gasteiger partial charge in [0.1, 0.15) is 9.16 Å². The highest BCUT2D eigenvalue weighted by molar-refractivity contribution is 7.16. The fourth-order valence-electron chi connectivity index (χ4n) is 2.09. The van der Waals surface area contributed by atoms with Crippen LogP contribution in [0.2, 0.25) is 0 Å². The number of rotatable bonds is 5. The molecule has 7 heteroatoms. The van der Waals surface area contributed by atoms with E-state index in [1.807, 2.05) is 12.3 Å². The Kier molecular flexibility index (Phi) is 3.69. The Morgan fingerprint density at radius 2 is 2.35 bits per heavy atom. The molecule has 0 N–H and O–H groups in total. The Labute approximate surface area is 130 Å². The van der Waals surface area contributed by atoms with Gasteiger partial charge >= 0.3 is 6.01 Å². The second-order valence-electron chi connectivity index (χ2n) is 4.96. The third kappa shape index (κ3) is 2.54. The zero-order chi connectivity index (χ0) is 14.3. The van der Waals surface area contributed by atoms with Crippen molar-refractivity contribution in [3.8, 4) is 6.01 Å². The summed E-state index contributed by atoms with van der Waals surface area (Å²) in [6.07, 6.45) is 1.56. The number of nitrogens with zero attached hydrogens (tertiary/aromatic N) is 2. The molecule has 0 saturated heterocycles. The minimum absolute atomic E-state index is 0.0492. The summed E-state index contributed by atoms with van der Waals surface area (Å²) in [5.74, 6) is 0.108. The van der Waals surface area contributed by atoms with Crippen molar-refractivity contribution in [2.45, 2.75) is 30.6 Å². The zero-order valence-corrected chi connectivity index (χ0v) is 13.3. The van der Waals surface area contributed by atoms with Crippen molar-refractivity contribution in [2.75, 3.05) is 6.61 Å². The Morgan fingerprint density at radius 3 is 3.00 bits per heavy atom. The van der Waals surface area contributed by atoms with Crippen LogP contribution in [-0.2, 0) is 6.54 Å². The van der Waals surface area contributed by atoms with Crippen molar-refractivity contribution in [1.29, 1.82) is 0 Å². The Morgan fingerprint density at radius 1 is 1.60 bits per heavy atom. The number of ether oxygens (including phenoxy) is 1. The standard InChI is InChI=1S/C13H14Cl2N2O2S/c1-2-4-17-11(18)9-3-5-20-10(9)16-12(17)19-7-8-6-13(8,14)15/h3,5,8H,2,4,6-7H2,1H3. The molecule has 0 radical (unpaired) electrons. The van der Waals surface area contributed by atoms with E-state index in [2.05, 4.69) is 4.98 Å². The first-order chi connectivity index (χ1) is 9.53. The summed E-state index contributed by atoms with van der Waals surface area (Å²) in [6.45, 7) is 2.99. The van der Waals surface area contributed by atoms with E-state index in [1.165, 1.54) is 11.3 Å². The van der Waals surface area contributed by atoms with Crippen LogP contribution in [0.15, 0.2) is 16.2 Å². The van der Waals surface area contributed by atoms with Gasteiger partial charge in [-0.15, -0.1) is 34.5 Å². The van der Waals surface area contributed by atoms with Gasteiger partial charge in [-0.05, 0) is 24.3 Å². The molecule has 1 aliphatic carbocycles. The van der Waals surface area contributed by atoms with Crippen LogP contribution in [0.25, 0.3) is 10.2 Å². The molecule has 20 heavy (non-hydrogen) atoms. The molecule has 0 amide bonds. The number of hydrogen-bond acceptors (Lipinski definition) is 4. The maximum absolute atomic E-state index is 12.4. The summed E-state index contributed by atoms with van der Waals surface area (Å²) in [5.41, 5.74) is -0.0492. The molecular formula is C13H14Cl2N2O2S. The molecule has 0 aliphatic heterocycles. The largest absolute Gasteiger partial charge is 0.464 e. The van der Waals surface area contributed by atoms with E-state index in [-0.39, 0.29) is 11.5 Å². The van der Waals surface area contributed by atoms with Gasteiger partial charge in [0, 0.05) is 12.5 Å². The van der Waals surface area contributed by atoms with E-state index in [9.17, 15) is 4.79 Å². The number of aromatic nitrogens is 2. The van der Waals surface area contributed by atoms with Gasteiger partial charge in [-0.2, -0.15) is 4.98 Å². The fourth-order valence-corrected chi connectivity index (χ4v) is 3.33. The van der Waals surface area contributed by atoms with Crippen LogP contribution in [0.5, 0.6) is 6.01 Å². The molecule has 2 aromatic rings. The fraction of sp³-hybridized carbons (Fsp3) is 0.538. The molecule has 2 aromatic heterocycles. The molecule has 1 atom stereocenters. The van der Waals surface area contributed by atoms with Crippen LogP contribution < -0.4 is 10.3 Å². The second kappa shape index (κ2) is 5.20. The molecule has 0 bridgehead atoms. The average Bonchev–Trinajstić information content (AvgIpc) is 2.82. The van der Waals surface area contributed by atoms with Gasteiger partial charge in [0.2, 0.25) is 0 Å². The first-order valence-corrected chi connectivity index (χ1v) is 8.15. The number of hydrogen-bond donors (Lipinski definition) is 0. The van der Waals surface area contributed by atoms with Crippen molar-refractivity contribution < 1.29 is 4.74 Å². The highest BCUT2D eigenvalue weighted by Crippen LogP contribution is 2.53. The predicted molar refractivity (Wildman–Crippen MR) is 82.2 cm³/mol. The van der Waals surface area contributed by atoms with Crippen molar-refractivity contribution in [3.05, 3.63) is 21.8 Å². The first kappa shape index (κ1) is 14.2. The van der Waals surface area contributed by atoms with Crippen molar-refractivity contribution in [3.63, 3.8) is 0 Å². The second-order valence-corrected chi connectivity index (χ2v) is 7.40. The number of alkyl halides is 2. The molecule has 4 nitrogen and oxygen atoms in total. The highest BCUT2D eigenvalue weighted by atomic mass is 35.5. The van der Waals surface area contributed by atoms with Gasteiger partial charge in [-0.1, -0.05) is 6.92 Å². The van der Waals surface area contributed by atoms with Crippen molar-refractivity contribution in [2.24, 2.45) is 5.92 Å².